The van der Waals surface area contributed by atoms with Crippen molar-refractivity contribution in [2.45, 2.75) is 26.4 Å². The van der Waals surface area contributed by atoms with E-state index >= 15 is 0 Å². The minimum atomic E-state index is 0.227. The molecule has 2 aromatic carbocycles. The fourth-order valence-electron chi connectivity index (χ4n) is 2.34. The molecule has 0 atom stereocenters. The summed E-state index contributed by atoms with van der Waals surface area (Å²) in [6.45, 7) is 4.63. The zero-order chi connectivity index (χ0) is 17.6. The minimum absolute atomic E-state index is 0.227. The number of H-pyrrole nitrogens is 1. The molecular weight excluding hydrogens is 332 g/mol. The summed E-state index contributed by atoms with van der Waals surface area (Å²) in [5.74, 6) is 1.83. The predicted molar refractivity (Wildman–Crippen MR) is 102 cm³/mol. The van der Waals surface area contributed by atoms with Crippen LogP contribution in [0.1, 0.15) is 36.7 Å². The molecule has 25 heavy (non-hydrogen) atoms. The summed E-state index contributed by atoms with van der Waals surface area (Å²) >= 11 is 5.24. The molecule has 0 unspecified atom stereocenters. The highest BCUT2D eigenvalue weighted by Crippen LogP contribution is 2.15. The Morgan fingerprint density at radius 3 is 2.76 bits per heavy atom. The first-order valence-corrected chi connectivity index (χ1v) is 8.53. The van der Waals surface area contributed by atoms with E-state index in [0.29, 0.717) is 11.4 Å². The second kappa shape index (κ2) is 7.90. The average molecular weight is 352 g/mol. The first kappa shape index (κ1) is 17.1. The van der Waals surface area contributed by atoms with Crippen molar-refractivity contribution in [1.82, 2.24) is 14.9 Å². The highest BCUT2D eigenvalue weighted by atomic mass is 32.1. The zero-order valence-electron chi connectivity index (χ0n) is 14.2. The number of rotatable bonds is 6. The van der Waals surface area contributed by atoms with Gasteiger partial charge in [0.1, 0.15) is 12.4 Å². The summed E-state index contributed by atoms with van der Waals surface area (Å²) in [5, 5.41) is 11.5. The molecule has 0 saturated heterocycles. The Morgan fingerprint density at radius 1 is 1.20 bits per heavy atom. The highest BCUT2D eigenvalue weighted by Gasteiger charge is 2.08. The summed E-state index contributed by atoms with van der Waals surface area (Å²) in [5.41, 5.74) is 2.07. The van der Waals surface area contributed by atoms with Gasteiger partial charge in [0.15, 0.2) is 5.82 Å². The fraction of sp³-hybridized carbons (Fsp3) is 0.211. The molecule has 0 fully saturated rings. The zero-order valence-corrected chi connectivity index (χ0v) is 15.0. The Balaban J connectivity index is 1.74. The van der Waals surface area contributed by atoms with Crippen LogP contribution in [0.15, 0.2) is 59.7 Å². The Labute approximate surface area is 152 Å². The molecular formula is C19H20N4OS. The lowest BCUT2D eigenvalue weighted by molar-refractivity contribution is 0.306. The molecule has 1 aromatic heterocycles. The van der Waals surface area contributed by atoms with Crippen molar-refractivity contribution < 1.29 is 4.74 Å². The lowest BCUT2D eigenvalue weighted by atomic mass is 10.2. The summed E-state index contributed by atoms with van der Waals surface area (Å²) < 4.78 is 7.98. The van der Waals surface area contributed by atoms with Gasteiger partial charge in [-0.2, -0.15) is 14.9 Å². The molecule has 3 rings (SSSR count). The summed E-state index contributed by atoms with van der Waals surface area (Å²) in [6, 6.07) is 17.9. The molecule has 0 bridgehead atoms. The van der Waals surface area contributed by atoms with Crippen LogP contribution >= 0.6 is 12.2 Å². The van der Waals surface area contributed by atoms with E-state index in [2.05, 4.69) is 29.1 Å². The van der Waals surface area contributed by atoms with Gasteiger partial charge in [-0.3, -0.25) is 5.10 Å². The molecule has 0 aliphatic heterocycles. The van der Waals surface area contributed by atoms with E-state index in [9.17, 15) is 0 Å². The molecule has 0 amide bonds. The third-order valence-electron chi connectivity index (χ3n) is 3.62. The van der Waals surface area contributed by atoms with E-state index in [1.54, 1.807) is 10.9 Å². The molecule has 6 heteroatoms. The number of aromatic amines is 1. The monoisotopic (exact) mass is 352 g/mol. The van der Waals surface area contributed by atoms with Crippen molar-refractivity contribution in [1.29, 1.82) is 0 Å². The van der Waals surface area contributed by atoms with Crippen molar-refractivity contribution in [3.05, 3.63) is 76.3 Å². The fourth-order valence-corrected chi connectivity index (χ4v) is 2.53. The van der Waals surface area contributed by atoms with Gasteiger partial charge in [0.25, 0.3) is 0 Å². The van der Waals surface area contributed by atoms with Gasteiger partial charge in [-0.1, -0.05) is 56.3 Å². The number of nitrogens with one attached hydrogen (secondary N) is 1. The van der Waals surface area contributed by atoms with E-state index < -0.39 is 0 Å². The molecule has 0 aliphatic carbocycles. The van der Waals surface area contributed by atoms with Crippen molar-refractivity contribution in [3.63, 3.8) is 0 Å². The van der Waals surface area contributed by atoms with E-state index in [-0.39, 0.29) is 5.92 Å². The predicted octanol–water partition coefficient (Wildman–Crippen LogP) is 4.53. The van der Waals surface area contributed by atoms with E-state index in [1.165, 1.54) is 0 Å². The van der Waals surface area contributed by atoms with E-state index in [0.717, 1.165) is 22.7 Å². The highest BCUT2D eigenvalue weighted by molar-refractivity contribution is 7.71. The van der Waals surface area contributed by atoms with Gasteiger partial charge in [0, 0.05) is 5.92 Å². The van der Waals surface area contributed by atoms with Crippen LogP contribution < -0.4 is 4.74 Å². The maximum Gasteiger partial charge on any atom is 0.216 e. The smallest absolute Gasteiger partial charge is 0.216 e. The molecule has 5 nitrogen and oxygen atoms in total. The number of benzene rings is 2. The molecule has 128 valence electrons. The van der Waals surface area contributed by atoms with Crippen molar-refractivity contribution in [2.75, 3.05) is 0 Å². The maximum atomic E-state index is 5.85. The van der Waals surface area contributed by atoms with Gasteiger partial charge in [-0.05, 0) is 35.5 Å². The third kappa shape index (κ3) is 4.42. The largest absolute Gasteiger partial charge is 0.489 e. The SMILES string of the molecule is CC(C)c1n[nH]c(=S)n1/N=C\c1cccc(OCc2ccccc2)c1. The second-order valence-electron chi connectivity index (χ2n) is 5.94. The van der Waals surface area contributed by atoms with Crippen LogP contribution in [0.5, 0.6) is 5.75 Å². The summed E-state index contributed by atoms with van der Waals surface area (Å²) in [7, 11) is 0. The first-order chi connectivity index (χ1) is 12.1. The average Bonchev–Trinajstić information content (AvgIpc) is 3.00. The van der Waals surface area contributed by atoms with Gasteiger partial charge < -0.3 is 4.74 Å². The quantitative estimate of drug-likeness (QED) is 0.524. The van der Waals surface area contributed by atoms with Gasteiger partial charge in [-0.15, -0.1) is 0 Å². The minimum Gasteiger partial charge on any atom is -0.489 e. The Bertz CT molecular complexity index is 912. The van der Waals surface area contributed by atoms with Crippen LogP contribution in [0.2, 0.25) is 0 Å². The molecule has 1 N–H and O–H groups in total. The normalized spacial score (nSPS) is 11.3. The second-order valence-corrected chi connectivity index (χ2v) is 6.33. The van der Waals surface area contributed by atoms with Gasteiger partial charge >= 0.3 is 0 Å². The Kier molecular flexibility index (Phi) is 5.40. The third-order valence-corrected chi connectivity index (χ3v) is 3.88. The lowest BCUT2D eigenvalue weighted by Gasteiger charge is -2.07. The summed E-state index contributed by atoms with van der Waals surface area (Å²) in [4.78, 5) is 0. The van der Waals surface area contributed by atoms with Crippen LogP contribution in [0.4, 0.5) is 0 Å². The number of ether oxygens (including phenoxy) is 1. The van der Waals surface area contributed by atoms with Gasteiger partial charge in [0.2, 0.25) is 4.77 Å². The van der Waals surface area contributed by atoms with Gasteiger partial charge in [-0.25, -0.2) is 0 Å². The molecule has 3 aromatic rings. The van der Waals surface area contributed by atoms with E-state index in [4.69, 9.17) is 17.0 Å². The number of hydrogen-bond donors (Lipinski definition) is 1. The topological polar surface area (TPSA) is 55.2 Å². The Hall–Kier alpha value is -2.73. The molecule has 0 radical (unpaired) electrons. The van der Waals surface area contributed by atoms with Crippen molar-refractivity contribution >= 4 is 18.4 Å². The van der Waals surface area contributed by atoms with Crippen LogP contribution in [-0.4, -0.2) is 21.1 Å². The van der Waals surface area contributed by atoms with Crippen LogP contribution in [0.25, 0.3) is 0 Å². The van der Waals surface area contributed by atoms with Crippen LogP contribution in [0, 0.1) is 4.77 Å². The number of aromatic nitrogens is 3. The van der Waals surface area contributed by atoms with Crippen LogP contribution in [0.3, 0.4) is 0 Å². The Morgan fingerprint density at radius 2 is 2.00 bits per heavy atom. The van der Waals surface area contributed by atoms with E-state index in [1.807, 2.05) is 54.6 Å². The summed E-state index contributed by atoms with van der Waals surface area (Å²) in [6.07, 6.45) is 1.76. The van der Waals surface area contributed by atoms with Gasteiger partial charge in [0.05, 0.1) is 6.21 Å². The molecule has 0 saturated carbocycles. The van der Waals surface area contributed by atoms with Crippen LogP contribution in [-0.2, 0) is 6.61 Å². The number of hydrogen-bond acceptors (Lipinski definition) is 4. The molecule has 1 heterocycles. The van der Waals surface area contributed by atoms with Crippen molar-refractivity contribution in [3.8, 4) is 5.75 Å². The lowest BCUT2D eigenvalue weighted by Crippen LogP contribution is -2.01. The maximum absolute atomic E-state index is 5.85. The molecule has 0 spiro atoms. The molecule has 0 aliphatic rings. The number of nitrogens with zero attached hydrogens (tertiary/aromatic N) is 3. The van der Waals surface area contributed by atoms with Crippen molar-refractivity contribution in [2.24, 2.45) is 5.10 Å². The standard InChI is InChI=1S/C19H20N4OS/c1-14(2)18-21-22-19(25)23(18)20-12-16-9-6-10-17(11-16)24-13-15-7-4-3-5-8-15/h3-12,14H,13H2,1-2H3,(H,22,25)/b20-12-. The first-order valence-electron chi connectivity index (χ1n) is 8.12.